The Hall–Kier alpha value is -3.23. The zero-order chi connectivity index (χ0) is 20.7. The molecule has 2 aromatic heterocycles. The molecule has 8 heteroatoms. The lowest BCUT2D eigenvalue weighted by atomic mass is 9.94. The summed E-state index contributed by atoms with van der Waals surface area (Å²) in [5.41, 5.74) is 6.12. The topological polar surface area (TPSA) is 104 Å². The lowest BCUT2D eigenvalue weighted by Gasteiger charge is -2.16. The van der Waals surface area contributed by atoms with Gasteiger partial charge in [0.15, 0.2) is 5.82 Å². The van der Waals surface area contributed by atoms with Gasteiger partial charge in [0.25, 0.3) is 0 Å². The van der Waals surface area contributed by atoms with E-state index in [1.165, 1.54) is 0 Å². The fraction of sp³-hybridized carbons (Fsp3) is 0.318. The Kier molecular flexibility index (Phi) is 4.72. The highest BCUT2D eigenvalue weighted by Gasteiger charge is 2.26. The third-order valence-corrected chi connectivity index (χ3v) is 5.48. The zero-order valence-electron chi connectivity index (χ0n) is 16.9. The fourth-order valence-electron chi connectivity index (χ4n) is 3.78. The van der Waals surface area contributed by atoms with Gasteiger partial charge in [-0.05, 0) is 54.7 Å². The van der Waals surface area contributed by atoms with Gasteiger partial charge in [-0.3, -0.25) is 5.32 Å². The van der Waals surface area contributed by atoms with E-state index >= 15 is 0 Å². The van der Waals surface area contributed by atoms with E-state index in [1.54, 1.807) is 0 Å². The second-order valence-electron chi connectivity index (χ2n) is 7.67. The summed E-state index contributed by atoms with van der Waals surface area (Å²) in [6.45, 7) is 2.67. The van der Waals surface area contributed by atoms with Gasteiger partial charge in [0.05, 0.1) is 0 Å². The molecule has 4 N–H and O–H groups in total. The van der Waals surface area contributed by atoms with Crippen LogP contribution in [-0.4, -0.2) is 33.4 Å². The summed E-state index contributed by atoms with van der Waals surface area (Å²) in [4.78, 5) is 4.57. The molecular formula is C22H24N6O2. The van der Waals surface area contributed by atoms with Crippen LogP contribution in [0.4, 0.5) is 17.3 Å². The highest BCUT2D eigenvalue weighted by molar-refractivity contribution is 5.77. The second kappa shape index (κ2) is 7.55. The van der Waals surface area contributed by atoms with Crippen molar-refractivity contribution in [3.63, 3.8) is 0 Å². The largest absolute Gasteiger partial charge is 0.473 e. The lowest BCUT2D eigenvalue weighted by molar-refractivity contribution is 0.152. The van der Waals surface area contributed by atoms with Crippen molar-refractivity contribution in [2.75, 3.05) is 17.7 Å². The number of aryl methyl sites for hydroxylation is 1. The molecule has 2 aliphatic rings. The van der Waals surface area contributed by atoms with Crippen LogP contribution >= 0.6 is 0 Å². The smallest absolute Gasteiger partial charge is 0.233 e. The summed E-state index contributed by atoms with van der Waals surface area (Å²) in [7, 11) is 1.86. The SMILES string of the molecule is CNc1ccc(-c2cnc(Nc3ccc(OC4CC4)nn3)cc2C)c2c1C(O)NC2. The molecule has 1 saturated carbocycles. The minimum Gasteiger partial charge on any atom is -0.473 e. The van der Waals surface area contributed by atoms with E-state index in [-0.39, 0.29) is 0 Å². The number of aliphatic hydroxyl groups is 1. The summed E-state index contributed by atoms with van der Waals surface area (Å²) >= 11 is 0. The van der Waals surface area contributed by atoms with E-state index in [2.05, 4.69) is 44.1 Å². The van der Waals surface area contributed by atoms with Crippen molar-refractivity contribution in [3.8, 4) is 17.0 Å². The minimum atomic E-state index is -0.665. The monoisotopic (exact) mass is 404 g/mol. The maximum Gasteiger partial charge on any atom is 0.233 e. The standard InChI is InChI=1S/C22H24N6O2/c1-12-9-19(26-18-7-8-20(28-27-18)30-13-3-4-13)24-10-15(12)14-5-6-17(23-2)21-16(14)11-25-22(21)29/h5-10,13,22-23,25,29H,3-4,11H2,1-2H3,(H,24,26,27). The Morgan fingerprint density at radius 1 is 1.10 bits per heavy atom. The Morgan fingerprint density at radius 2 is 1.97 bits per heavy atom. The maximum atomic E-state index is 10.3. The third kappa shape index (κ3) is 3.55. The van der Waals surface area contributed by atoms with Gasteiger partial charge in [-0.25, -0.2) is 4.98 Å². The van der Waals surface area contributed by atoms with Crippen LogP contribution in [0.5, 0.6) is 5.88 Å². The van der Waals surface area contributed by atoms with Gasteiger partial charge in [-0.15, -0.1) is 10.2 Å². The van der Waals surface area contributed by atoms with Crippen molar-refractivity contribution < 1.29 is 9.84 Å². The molecule has 154 valence electrons. The summed E-state index contributed by atoms with van der Waals surface area (Å²) in [5.74, 6) is 1.87. The van der Waals surface area contributed by atoms with Gasteiger partial charge >= 0.3 is 0 Å². The number of pyridine rings is 1. The molecule has 0 spiro atoms. The van der Waals surface area contributed by atoms with Crippen molar-refractivity contribution in [1.29, 1.82) is 0 Å². The van der Waals surface area contributed by atoms with Crippen molar-refractivity contribution in [2.45, 2.75) is 38.6 Å². The molecule has 0 radical (unpaired) electrons. The van der Waals surface area contributed by atoms with E-state index in [1.807, 2.05) is 37.5 Å². The van der Waals surface area contributed by atoms with E-state index in [4.69, 9.17) is 4.74 Å². The van der Waals surface area contributed by atoms with Gasteiger partial charge in [0, 0.05) is 42.7 Å². The quantitative estimate of drug-likeness (QED) is 0.496. The Bertz CT molecular complexity index is 1080. The van der Waals surface area contributed by atoms with Crippen LogP contribution in [0.1, 0.15) is 35.8 Å². The molecule has 0 bridgehead atoms. The van der Waals surface area contributed by atoms with Gasteiger partial charge < -0.3 is 20.5 Å². The fourth-order valence-corrected chi connectivity index (χ4v) is 3.78. The predicted molar refractivity (Wildman–Crippen MR) is 115 cm³/mol. The van der Waals surface area contributed by atoms with Crippen LogP contribution in [0.25, 0.3) is 11.1 Å². The number of aliphatic hydroxyl groups excluding tert-OH is 1. The molecule has 30 heavy (non-hydrogen) atoms. The van der Waals surface area contributed by atoms with E-state index in [9.17, 15) is 5.11 Å². The zero-order valence-corrected chi connectivity index (χ0v) is 16.9. The second-order valence-corrected chi connectivity index (χ2v) is 7.67. The molecular weight excluding hydrogens is 380 g/mol. The molecule has 3 aromatic rings. The van der Waals surface area contributed by atoms with Gasteiger partial charge in [0.1, 0.15) is 18.1 Å². The third-order valence-electron chi connectivity index (χ3n) is 5.48. The van der Waals surface area contributed by atoms with Gasteiger partial charge in [-0.2, -0.15) is 0 Å². The molecule has 5 rings (SSSR count). The average Bonchev–Trinajstić information content (AvgIpc) is 3.49. The summed E-state index contributed by atoms with van der Waals surface area (Å²) in [6.07, 6.45) is 3.67. The number of rotatable bonds is 6. The number of ether oxygens (including phenoxy) is 1. The van der Waals surface area contributed by atoms with Crippen LogP contribution in [0.2, 0.25) is 0 Å². The molecule has 1 atom stereocenters. The number of benzene rings is 1. The number of anilines is 3. The maximum absolute atomic E-state index is 10.3. The van der Waals surface area contributed by atoms with Crippen molar-refractivity contribution in [1.82, 2.24) is 20.5 Å². The van der Waals surface area contributed by atoms with Crippen molar-refractivity contribution in [3.05, 3.63) is 53.2 Å². The van der Waals surface area contributed by atoms with Crippen LogP contribution < -0.4 is 20.7 Å². The Labute approximate surface area is 174 Å². The molecule has 0 amide bonds. The number of nitrogens with zero attached hydrogens (tertiary/aromatic N) is 3. The van der Waals surface area contributed by atoms with E-state index in [0.29, 0.717) is 30.2 Å². The van der Waals surface area contributed by atoms with Crippen molar-refractivity contribution >= 4 is 17.3 Å². The van der Waals surface area contributed by atoms with Crippen LogP contribution in [0.15, 0.2) is 36.5 Å². The molecule has 1 fully saturated rings. The first kappa shape index (κ1) is 18.8. The van der Waals surface area contributed by atoms with Gasteiger partial charge in [-0.1, -0.05) is 6.07 Å². The molecule has 8 nitrogen and oxygen atoms in total. The Morgan fingerprint density at radius 3 is 2.67 bits per heavy atom. The molecule has 3 heterocycles. The number of nitrogens with one attached hydrogen (secondary N) is 3. The molecule has 1 unspecified atom stereocenters. The summed E-state index contributed by atoms with van der Waals surface area (Å²) < 4.78 is 5.63. The lowest BCUT2D eigenvalue weighted by Crippen LogP contribution is -2.11. The average molecular weight is 404 g/mol. The highest BCUT2D eigenvalue weighted by atomic mass is 16.5. The number of aromatic nitrogens is 3. The predicted octanol–water partition coefficient (Wildman–Crippen LogP) is 3.27. The number of fused-ring (bicyclic) bond motifs is 1. The first-order chi connectivity index (χ1) is 14.6. The highest BCUT2D eigenvalue weighted by Crippen LogP contribution is 2.38. The molecule has 1 aliphatic heterocycles. The van der Waals surface area contributed by atoms with E-state index < -0.39 is 6.23 Å². The molecule has 1 aromatic carbocycles. The number of hydrogen-bond donors (Lipinski definition) is 4. The first-order valence-corrected chi connectivity index (χ1v) is 10.1. The van der Waals surface area contributed by atoms with Crippen LogP contribution in [-0.2, 0) is 6.54 Å². The molecule has 1 aliphatic carbocycles. The van der Waals surface area contributed by atoms with E-state index in [0.717, 1.165) is 46.3 Å². The van der Waals surface area contributed by atoms with Crippen LogP contribution in [0, 0.1) is 6.92 Å². The molecule has 0 saturated heterocycles. The minimum absolute atomic E-state index is 0.301. The van der Waals surface area contributed by atoms with Crippen molar-refractivity contribution in [2.24, 2.45) is 0 Å². The van der Waals surface area contributed by atoms with Gasteiger partial charge in [0.2, 0.25) is 5.88 Å². The normalized spacial score (nSPS) is 17.5. The number of hydrogen-bond acceptors (Lipinski definition) is 8. The first-order valence-electron chi connectivity index (χ1n) is 10.1. The van der Waals surface area contributed by atoms with Crippen LogP contribution in [0.3, 0.4) is 0 Å². The summed E-state index contributed by atoms with van der Waals surface area (Å²) in [5, 5.41) is 28.1. The summed E-state index contributed by atoms with van der Waals surface area (Å²) in [6, 6.07) is 9.72. The Balaban J connectivity index is 1.39.